The van der Waals surface area contributed by atoms with E-state index in [2.05, 4.69) is 37.9 Å². The smallest absolute Gasteiger partial charge is 0.304 e. The lowest BCUT2D eigenvalue weighted by Gasteiger charge is -2.07. The van der Waals surface area contributed by atoms with Gasteiger partial charge in [0.1, 0.15) is 0 Å². The number of benzene rings is 1. The van der Waals surface area contributed by atoms with E-state index in [1.54, 1.807) is 0 Å². The second-order valence-corrected chi connectivity index (χ2v) is 4.66. The van der Waals surface area contributed by atoms with Crippen LogP contribution in [-0.4, -0.2) is 4.98 Å². The third-order valence-electron chi connectivity index (χ3n) is 2.65. The number of aromatic amines is 1. The minimum absolute atomic E-state index is 0.00243. The lowest BCUT2D eigenvalue weighted by Crippen LogP contribution is -1.94. The monoisotopic (exact) mass is 219 g/mol. The normalized spacial score (nSPS) is 10.6. The van der Waals surface area contributed by atoms with Crippen molar-refractivity contribution in [2.75, 3.05) is 0 Å². The largest absolute Gasteiger partial charge is 0.312 e. The highest BCUT2D eigenvalue weighted by atomic mass is 32.1. The number of H-pyrrole nitrogens is 1. The molecule has 0 aliphatic heterocycles. The van der Waals surface area contributed by atoms with E-state index in [-0.39, 0.29) is 4.87 Å². The lowest BCUT2D eigenvalue weighted by atomic mass is 9.99. The maximum absolute atomic E-state index is 11.1. The predicted octanol–water partition coefficient (Wildman–Crippen LogP) is 3.03. The van der Waals surface area contributed by atoms with Crippen LogP contribution in [0.2, 0.25) is 0 Å². The highest BCUT2D eigenvalue weighted by Crippen LogP contribution is 2.24. The van der Waals surface area contributed by atoms with Crippen molar-refractivity contribution in [1.29, 1.82) is 0 Å². The molecule has 1 heterocycles. The van der Waals surface area contributed by atoms with Crippen LogP contribution in [0, 0.1) is 20.8 Å². The first-order valence-electron chi connectivity index (χ1n) is 4.84. The van der Waals surface area contributed by atoms with E-state index >= 15 is 0 Å². The standard InChI is InChI=1S/C12H13NOS/c1-7-4-9(3)10(5-8(7)2)11-6-15-12(14)13-11/h4-6H,1-3H3,(H,13,14). The van der Waals surface area contributed by atoms with Gasteiger partial charge in [0.25, 0.3) is 0 Å². The van der Waals surface area contributed by atoms with Crippen molar-refractivity contribution in [3.05, 3.63) is 43.9 Å². The summed E-state index contributed by atoms with van der Waals surface area (Å²) in [4.78, 5) is 13.9. The molecule has 1 aromatic heterocycles. The van der Waals surface area contributed by atoms with E-state index < -0.39 is 0 Å². The van der Waals surface area contributed by atoms with Gasteiger partial charge in [-0.2, -0.15) is 0 Å². The molecule has 3 heteroatoms. The van der Waals surface area contributed by atoms with Crippen LogP contribution < -0.4 is 4.87 Å². The summed E-state index contributed by atoms with van der Waals surface area (Å²) in [7, 11) is 0. The minimum Gasteiger partial charge on any atom is -0.312 e. The zero-order chi connectivity index (χ0) is 11.0. The van der Waals surface area contributed by atoms with Gasteiger partial charge in [-0.1, -0.05) is 17.4 Å². The summed E-state index contributed by atoms with van der Waals surface area (Å²) < 4.78 is 0. The predicted molar refractivity (Wildman–Crippen MR) is 64.6 cm³/mol. The Morgan fingerprint density at radius 1 is 1.07 bits per heavy atom. The Bertz CT molecular complexity index is 551. The zero-order valence-corrected chi connectivity index (χ0v) is 9.87. The van der Waals surface area contributed by atoms with Gasteiger partial charge >= 0.3 is 4.87 Å². The van der Waals surface area contributed by atoms with E-state index in [0.29, 0.717) is 0 Å². The first-order valence-corrected chi connectivity index (χ1v) is 5.72. The molecule has 0 saturated carbocycles. The Labute approximate surface area is 92.6 Å². The Hall–Kier alpha value is -1.35. The second-order valence-electron chi connectivity index (χ2n) is 3.81. The Morgan fingerprint density at radius 2 is 1.73 bits per heavy atom. The lowest BCUT2D eigenvalue weighted by molar-refractivity contribution is 1.27. The van der Waals surface area contributed by atoms with Crippen molar-refractivity contribution in [1.82, 2.24) is 4.98 Å². The van der Waals surface area contributed by atoms with Crippen LogP contribution in [0.15, 0.2) is 22.3 Å². The van der Waals surface area contributed by atoms with E-state index in [4.69, 9.17) is 0 Å². The molecule has 0 bridgehead atoms. The first kappa shape index (κ1) is 10.2. The molecule has 2 aromatic rings. The van der Waals surface area contributed by atoms with Gasteiger partial charge in [-0.25, -0.2) is 0 Å². The van der Waals surface area contributed by atoms with Crippen LogP contribution in [0.5, 0.6) is 0 Å². The highest BCUT2D eigenvalue weighted by Gasteiger charge is 2.06. The van der Waals surface area contributed by atoms with Gasteiger partial charge in [0.2, 0.25) is 0 Å². The molecule has 0 radical (unpaired) electrons. The van der Waals surface area contributed by atoms with Gasteiger partial charge in [0.15, 0.2) is 0 Å². The summed E-state index contributed by atoms with van der Waals surface area (Å²) in [6, 6.07) is 4.28. The molecule has 78 valence electrons. The van der Waals surface area contributed by atoms with Gasteiger partial charge < -0.3 is 4.98 Å². The molecule has 0 spiro atoms. The summed E-state index contributed by atoms with van der Waals surface area (Å²) in [6.45, 7) is 6.25. The first-order chi connectivity index (χ1) is 7.08. The van der Waals surface area contributed by atoms with Gasteiger partial charge in [-0.05, 0) is 43.5 Å². The molecule has 15 heavy (non-hydrogen) atoms. The Morgan fingerprint density at radius 3 is 2.33 bits per heavy atom. The van der Waals surface area contributed by atoms with E-state index in [0.717, 1.165) is 11.3 Å². The average Bonchev–Trinajstić information content (AvgIpc) is 2.58. The van der Waals surface area contributed by atoms with E-state index in [1.807, 2.05) is 5.38 Å². The van der Waals surface area contributed by atoms with Crippen LogP contribution in [0.25, 0.3) is 11.3 Å². The summed E-state index contributed by atoms with van der Waals surface area (Å²) in [6.07, 6.45) is 0. The SMILES string of the molecule is Cc1cc(C)c(-c2csc(=O)[nH]2)cc1C. The molecule has 0 unspecified atom stereocenters. The van der Waals surface area contributed by atoms with Crippen LogP contribution in [0.1, 0.15) is 16.7 Å². The molecule has 0 atom stereocenters. The topological polar surface area (TPSA) is 32.9 Å². The van der Waals surface area contributed by atoms with Crippen LogP contribution >= 0.6 is 11.3 Å². The zero-order valence-electron chi connectivity index (χ0n) is 9.05. The van der Waals surface area contributed by atoms with Crippen LogP contribution in [0.3, 0.4) is 0 Å². The number of aryl methyl sites for hydroxylation is 3. The molecule has 0 amide bonds. The Balaban J connectivity index is 2.63. The summed E-state index contributed by atoms with van der Waals surface area (Å²) in [5, 5.41) is 1.87. The highest BCUT2D eigenvalue weighted by molar-refractivity contribution is 7.07. The van der Waals surface area contributed by atoms with Gasteiger partial charge in [-0.15, -0.1) is 0 Å². The number of hydrogen-bond donors (Lipinski definition) is 1. The van der Waals surface area contributed by atoms with Crippen molar-refractivity contribution < 1.29 is 0 Å². The van der Waals surface area contributed by atoms with Crippen molar-refractivity contribution >= 4 is 11.3 Å². The van der Waals surface area contributed by atoms with Crippen LogP contribution in [-0.2, 0) is 0 Å². The molecule has 0 saturated heterocycles. The fourth-order valence-corrected chi connectivity index (χ4v) is 2.24. The number of hydrogen-bond acceptors (Lipinski definition) is 2. The fourth-order valence-electron chi connectivity index (χ4n) is 1.66. The number of nitrogens with one attached hydrogen (secondary N) is 1. The molecular weight excluding hydrogens is 206 g/mol. The minimum atomic E-state index is 0.00243. The van der Waals surface area contributed by atoms with E-state index in [1.165, 1.54) is 28.0 Å². The maximum atomic E-state index is 11.1. The van der Waals surface area contributed by atoms with Crippen LogP contribution in [0.4, 0.5) is 0 Å². The van der Waals surface area contributed by atoms with E-state index in [9.17, 15) is 4.79 Å². The average molecular weight is 219 g/mol. The molecule has 0 aliphatic carbocycles. The van der Waals surface area contributed by atoms with Crippen molar-refractivity contribution in [3.63, 3.8) is 0 Å². The third-order valence-corrected chi connectivity index (χ3v) is 3.32. The number of thiazole rings is 1. The van der Waals surface area contributed by atoms with Crippen molar-refractivity contribution in [3.8, 4) is 11.3 Å². The molecule has 1 N–H and O–H groups in total. The third kappa shape index (κ3) is 1.88. The molecule has 0 aliphatic rings. The molecule has 2 rings (SSSR count). The summed E-state index contributed by atoms with van der Waals surface area (Å²) in [5.74, 6) is 0. The fraction of sp³-hybridized carbons (Fsp3) is 0.250. The second kappa shape index (κ2) is 3.66. The summed E-state index contributed by atoms with van der Waals surface area (Å²) in [5.41, 5.74) is 5.78. The number of rotatable bonds is 1. The molecule has 2 nitrogen and oxygen atoms in total. The molecular formula is C12H13NOS. The molecule has 1 aromatic carbocycles. The molecule has 0 fully saturated rings. The van der Waals surface area contributed by atoms with Crippen molar-refractivity contribution in [2.24, 2.45) is 0 Å². The van der Waals surface area contributed by atoms with Gasteiger partial charge in [0, 0.05) is 10.9 Å². The van der Waals surface area contributed by atoms with Crippen molar-refractivity contribution in [2.45, 2.75) is 20.8 Å². The van der Waals surface area contributed by atoms with Gasteiger partial charge in [-0.3, -0.25) is 4.79 Å². The maximum Gasteiger partial charge on any atom is 0.304 e. The van der Waals surface area contributed by atoms with Gasteiger partial charge in [0.05, 0.1) is 5.69 Å². The number of aromatic nitrogens is 1. The Kier molecular flexibility index (Phi) is 2.49. The quantitative estimate of drug-likeness (QED) is 0.785. The summed E-state index contributed by atoms with van der Waals surface area (Å²) >= 11 is 1.21.